The Balaban J connectivity index is 1.66. The quantitative estimate of drug-likeness (QED) is 0.804. The van der Waals surface area contributed by atoms with Crippen molar-refractivity contribution in [1.29, 1.82) is 0 Å². The molecule has 2 nitrogen and oxygen atoms in total. The van der Waals surface area contributed by atoms with Gasteiger partial charge in [0.1, 0.15) is 0 Å². The van der Waals surface area contributed by atoms with Crippen LogP contribution in [0.4, 0.5) is 0 Å². The van der Waals surface area contributed by atoms with E-state index in [9.17, 15) is 5.11 Å². The van der Waals surface area contributed by atoms with Crippen LogP contribution in [0, 0.1) is 0 Å². The van der Waals surface area contributed by atoms with Crippen LogP contribution in [0.2, 0.25) is 0 Å². The van der Waals surface area contributed by atoms with Gasteiger partial charge in [0, 0.05) is 13.1 Å². The highest BCUT2D eigenvalue weighted by molar-refractivity contribution is 5.15. The van der Waals surface area contributed by atoms with Crippen molar-refractivity contribution in [2.24, 2.45) is 0 Å². The third-order valence-corrected chi connectivity index (χ3v) is 3.76. The van der Waals surface area contributed by atoms with Gasteiger partial charge in [0.2, 0.25) is 0 Å². The number of rotatable bonds is 8. The van der Waals surface area contributed by atoms with Crippen molar-refractivity contribution in [3.8, 4) is 0 Å². The number of aliphatic hydroxyl groups excluding tert-OH is 1. The second-order valence-electron chi connectivity index (χ2n) is 5.68. The first-order valence-corrected chi connectivity index (χ1v) is 7.68. The van der Waals surface area contributed by atoms with E-state index in [0.717, 1.165) is 32.4 Å². The summed E-state index contributed by atoms with van der Waals surface area (Å²) in [4.78, 5) is 2.21. The highest BCUT2D eigenvalue weighted by Gasteiger charge is 2.08. The SMILES string of the molecule is CN(CCc1ccccc1)CC(O)CCc1ccccc1. The maximum Gasteiger partial charge on any atom is 0.0670 e. The Labute approximate surface area is 128 Å². The predicted octanol–water partition coefficient (Wildman–Crippen LogP) is 3.15. The van der Waals surface area contributed by atoms with Gasteiger partial charge in [-0.25, -0.2) is 0 Å². The van der Waals surface area contributed by atoms with Gasteiger partial charge >= 0.3 is 0 Å². The first-order valence-electron chi connectivity index (χ1n) is 7.68. The molecular weight excluding hydrogens is 258 g/mol. The Bertz CT molecular complexity index is 450. The zero-order chi connectivity index (χ0) is 14.9. The summed E-state index contributed by atoms with van der Waals surface area (Å²) >= 11 is 0. The van der Waals surface area contributed by atoms with E-state index >= 15 is 0 Å². The van der Waals surface area contributed by atoms with Crippen LogP contribution in [0.15, 0.2) is 60.7 Å². The molecule has 1 unspecified atom stereocenters. The van der Waals surface area contributed by atoms with Crippen LogP contribution < -0.4 is 0 Å². The average molecular weight is 283 g/mol. The summed E-state index contributed by atoms with van der Waals surface area (Å²) in [5.41, 5.74) is 2.65. The molecule has 0 heterocycles. The van der Waals surface area contributed by atoms with Crippen LogP contribution in [0.25, 0.3) is 0 Å². The minimum atomic E-state index is -0.258. The largest absolute Gasteiger partial charge is 0.392 e. The molecule has 0 saturated heterocycles. The molecule has 0 bridgehead atoms. The fourth-order valence-electron chi connectivity index (χ4n) is 2.48. The zero-order valence-electron chi connectivity index (χ0n) is 12.8. The number of likely N-dealkylation sites (N-methyl/N-ethyl adjacent to an activating group) is 1. The van der Waals surface area contributed by atoms with Crippen LogP contribution in [0.1, 0.15) is 17.5 Å². The predicted molar refractivity (Wildman–Crippen MR) is 88.4 cm³/mol. The van der Waals surface area contributed by atoms with Gasteiger partial charge in [-0.1, -0.05) is 60.7 Å². The second kappa shape index (κ2) is 8.60. The molecular formula is C19H25NO. The number of hydrogen-bond acceptors (Lipinski definition) is 2. The Morgan fingerprint density at radius 2 is 1.38 bits per heavy atom. The minimum absolute atomic E-state index is 0.258. The number of hydrogen-bond donors (Lipinski definition) is 1. The van der Waals surface area contributed by atoms with E-state index in [2.05, 4.69) is 48.3 Å². The molecule has 0 spiro atoms. The molecule has 112 valence electrons. The Morgan fingerprint density at radius 3 is 1.95 bits per heavy atom. The highest BCUT2D eigenvalue weighted by Crippen LogP contribution is 2.06. The number of aliphatic hydroxyl groups is 1. The van der Waals surface area contributed by atoms with Crippen LogP contribution in [-0.4, -0.2) is 36.2 Å². The van der Waals surface area contributed by atoms with Gasteiger partial charge in [0.05, 0.1) is 6.10 Å². The van der Waals surface area contributed by atoms with Crippen molar-refractivity contribution < 1.29 is 5.11 Å². The lowest BCUT2D eigenvalue weighted by Crippen LogP contribution is -2.31. The third kappa shape index (κ3) is 6.11. The third-order valence-electron chi connectivity index (χ3n) is 3.76. The molecule has 0 radical (unpaired) electrons. The lowest BCUT2D eigenvalue weighted by atomic mass is 10.1. The molecule has 21 heavy (non-hydrogen) atoms. The van der Waals surface area contributed by atoms with Crippen molar-refractivity contribution >= 4 is 0 Å². The van der Waals surface area contributed by atoms with Gasteiger partial charge in [0.25, 0.3) is 0 Å². The normalized spacial score (nSPS) is 12.5. The van der Waals surface area contributed by atoms with Crippen LogP contribution in [0.5, 0.6) is 0 Å². The smallest absolute Gasteiger partial charge is 0.0670 e. The van der Waals surface area contributed by atoms with Crippen molar-refractivity contribution in [3.05, 3.63) is 71.8 Å². The molecule has 2 heteroatoms. The van der Waals surface area contributed by atoms with E-state index in [1.54, 1.807) is 0 Å². The number of benzene rings is 2. The molecule has 0 aromatic heterocycles. The second-order valence-corrected chi connectivity index (χ2v) is 5.68. The van der Waals surface area contributed by atoms with Gasteiger partial charge in [0.15, 0.2) is 0 Å². The summed E-state index contributed by atoms with van der Waals surface area (Å²) in [7, 11) is 2.08. The van der Waals surface area contributed by atoms with Crippen molar-refractivity contribution in [1.82, 2.24) is 4.90 Å². The molecule has 2 aromatic rings. The first kappa shape index (κ1) is 15.7. The van der Waals surface area contributed by atoms with Crippen LogP contribution in [-0.2, 0) is 12.8 Å². The molecule has 0 fully saturated rings. The van der Waals surface area contributed by atoms with E-state index in [0.29, 0.717) is 0 Å². The molecule has 0 aliphatic heterocycles. The minimum Gasteiger partial charge on any atom is -0.392 e. The summed E-state index contributed by atoms with van der Waals surface area (Å²) in [6.07, 6.45) is 2.53. The van der Waals surface area contributed by atoms with Crippen molar-refractivity contribution in [2.75, 3.05) is 20.1 Å². The summed E-state index contributed by atoms with van der Waals surface area (Å²) < 4.78 is 0. The fraction of sp³-hybridized carbons (Fsp3) is 0.368. The number of aryl methyl sites for hydroxylation is 1. The van der Waals surface area contributed by atoms with Gasteiger partial charge in [-0.2, -0.15) is 0 Å². The van der Waals surface area contributed by atoms with Gasteiger partial charge in [-0.05, 0) is 37.4 Å². The lowest BCUT2D eigenvalue weighted by Gasteiger charge is -2.20. The van der Waals surface area contributed by atoms with Crippen molar-refractivity contribution in [3.63, 3.8) is 0 Å². The summed E-state index contributed by atoms with van der Waals surface area (Å²) in [6.45, 7) is 1.71. The lowest BCUT2D eigenvalue weighted by molar-refractivity contribution is 0.118. The molecule has 1 N–H and O–H groups in total. The van der Waals surface area contributed by atoms with E-state index < -0.39 is 0 Å². The Kier molecular flexibility index (Phi) is 6.45. The molecule has 0 saturated carbocycles. The number of nitrogens with zero attached hydrogens (tertiary/aromatic N) is 1. The van der Waals surface area contributed by atoms with Crippen LogP contribution in [0.3, 0.4) is 0 Å². The maximum absolute atomic E-state index is 10.1. The first-order chi connectivity index (χ1) is 10.2. The monoisotopic (exact) mass is 283 g/mol. The molecule has 0 aliphatic rings. The summed E-state index contributed by atoms with van der Waals surface area (Å²) in [6, 6.07) is 20.9. The molecule has 2 rings (SSSR count). The van der Waals surface area contributed by atoms with Crippen molar-refractivity contribution in [2.45, 2.75) is 25.4 Å². The topological polar surface area (TPSA) is 23.5 Å². The summed E-state index contributed by atoms with van der Waals surface area (Å²) in [5, 5.41) is 10.1. The molecule has 0 aliphatic carbocycles. The van der Waals surface area contributed by atoms with E-state index in [4.69, 9.17) is 0 Å². The maximum atomic E-state index is 10.1. The molecule has 1 atom stereocenters. The van der Waals surface area contributed by atoms with Gasteiger partial charge < -0.3 is 10.0 Å². The zero-order valence-corrected chi connectivity index (χ0v) is 12.8. The standard InChI is InChI=1S/C19H25NO/c1-20(15-14-18-10-6-3-7-11-18)16-19(21)13-12-17-8-4-2-5-9-17/h2-11,19,21H,12-16H2,1H3. The average Bonchev–Trinajstić information content (AvgIpc) is 2.53. The van der Waals surface area contributed by atoms with Gasteiger partial charge in [-0.15, -0.1) is 0 Å². The fourth-order valence-corrected chi connectivity index (χ4v) is 2.48. The van der Waals surface area contributed by atoms with E-state index in [1.165, 1.54) is 11.1 Å². The van der Waals surface area contributed by atoms with E-state index in [1.807, 2.05) is 24.3 Å². The summed E-state index contributed by atoms with van der Waals surface area (Å²) in [5.74, 6) is 0. The Hall–Kier alpha value is -1.64. The molecule has 2 aromatic carbocycles. The Morgan fingerprint density at radius 1 is 0.857 bits per heavy atom. The van der Waals surface area contributed by atoms with Gasteiger partial charge in [-0.3, -0.25) is 0 Å². The highest BCUT2D eigenvalue weighted by atomic mass is 16.3. The van der Waals surface area contributed by atoms with Crippen LogP contribution >= 0.6 is 0 Å². The molecule has 0 amide bonds. The van der Waals surface area contributed by atoms with E-state index in [-0.39, 0.29) is 6.10 Å².